The molecule has 17 heavy (non-hydrogen) atoms. The van der Waals surface area contributed by atoms with E-state index < -0.39 is 30.0 Å². The maximum absolute atomic E-state index is 12.6. The number of aliphatic carboxylic acids is 1. The van der Waals surface area contributed by atoms with Gasteiger partial charge in [0, 0.05) is 0 Å². The van der Waals surface area contributed by atoms with Gasteiger partial charge >= 0.3 is 11.9 Å². The number of carbonyl (C=O) groups excluding carboxylic acids is 1. The summed E-state index contributed by atoms with van der Waals surface area (Å²) < 4.78 is 22.5. The summed E-state index contributed by atoms with van der Waals surface area (Å²) in [7, 11) is 0. The molecule has 5 nitrogen and oxygen atoms in total. The average Bonchev–Trinajstić information content (AvgIpc) is 2.63. The van der Waals surface area contributed by atoms with Crippen molar-refractivity contribution in [3.8, 4) is 5.75 Å². The van der Waals surface area contributed by atoms with Gasteiger partial charge < -0.3 is 14.6 Å². The molecular weight excluding hydrogens is 231 g/mol. The third-order valence-corrected chi connectivity index (χ3v) is 2.35. The second-order valence-corrected chi connectivity index (χ2v) is 3.58. The van der Waals surface area contributed by atoms with Gasteiger partial charge in [-0.1, -0.05) is 0 Å². The molecule has 1 N–H and O–H groups in total. The van der Waals surface area contributed by atoms with Crippen LogP contribution >= 0.6 is 0 Å². The van der Waals surface area contributed by atoms with Crippen LogP contribution in [0.25, 0.3) is 0 Å². The molecule has 2 unspecified atom stereocenters. The maximum atomic E-state index is 12.6. The lowest BCUT2D eigenvalue weighted by molar-refractivity contribution is -0.158. The van der Waals surface area contributed by atoms with Crippen molar-refractivity contribution in [2.45, 2.75) is 12.7 Å². The Labute approximate surface area is 95.8 Å². The van der Waals surface area contributed by atoms with E-state index in [1.807, 2.05) is 0 Å². The molecule has 0 aliphatic carbocycles. The van der Waals surface area contributed by atoms with Gasteiger partial charge in [0.2, 0.25) is 0 Å². The summed E-state index contributed by atoms with van der Waals surface area (Å²) in [5, 5.41) is 8.85. The van der Waals surface area contributed by atoms with Gasteiger partial charge in [0.25, 0.3) is 6.29 Å². The molecule has 0 radical (unpaired) electrons. The highest BCUT2D eigenvalue weighted by atomic mass is 19.1. The standard InChI is InChI=1S/C11H9FO5/c12-6-1-3-7(4-2-6)16-11-8(10(14)15)5-9(13)17-11/h1-4,8,11H,5H2,(H,14,15). The third-order valence-electron chi connectivity index (χ3n) is 2.35. The zero-order valence-electron chi connectivity index (χ0n) is 8.63. The molecule has 1 aromatic carbocycles. The monoisotopic (exact) mass is 240 g/mol. The Balaban J connectivity index is 2.09. The molecule has 1 heterocycles. The Morgan fingerprint density at radius 3 is 2.65 bits per heavy atom. The van der Waals surface area contributed by atoms with Crippen LogP contribution in [0.5, 0.6) is 5.75 Å². The van der Waals surface area contributed by atoms with Crippen molar-refractivity contribution < 1.29 is 28.6 Å². The van der Waals surface area contributed by atoms with Gasteiger partial charge in [0.1, 0.15) is 17.5 Å². The van der Waals surface area contributed by atoms with Crippen LogP contribution < -0.4 is 4.74 Å². The number of rotatable bonds is 3. The molecule has 0 aromatic heterocycles. The van der Waals surface area contributed by atoms with E-state index in [9.17, 15) is 14.0 Å². The molecule has 1 aliphatic rings. The van der Waals surface area contributed by atoms with Gasteiger partial charge in [0.05, 0.1) is 6.42 Å². The summed E-state index contributed by atoms with van der Waals surface area (Å²) >= 11 is 0. The van der Waals surface area contributed by atoms with Crippen LogP contribution in [0.1, 0.15) is 6.42 Å². The number of cyclic esters (lactones) is 1. The van der Waals surface area contributed by atoms with Gasteiger partial charge in [0.15, 0.2) is 0 Å². The Morgan fingerprint density at radius 2 is 2.06 bits per heavy atom. The van der Waals surface area contributed by atoms with Crippen molar-refractivity contribution in [1.29, 1.82) is 0 Å². The first-order valence-electron chi connectivity index (χ1n) is 4.91. The lowest BCUT2D eigenvalue weighted by atomic mass is 10.1. The number of carbonyl (C=O) groups is 2. The molecule has 0 saturated carbocycles. The number of hydrogen-bond donors (Lipinski definition) is 1. The van der Waals surface area contributed by atoms with Crippen LogP contribution in [0, 0.1) is 11.7 Å². The SMILES string of the molecule is O=C1CC(C(=O)O)C(Oc2ccc(F)cc2)O1. The molecule has 1 aliphatic heterocycles. The quantitative estimate of drug-likeness (QED) is 0.803. The van der Waals surface area contributed by atoms with Crippen LogP contribution in [-0.4, -0.2) is 23.3 Å². The molecule has 2 atom stereocenters. The van der Waals surface area contributed by atoms with Gasteiger partial charge in [-0.15, -0.1) is 0 Å². The third kappa shape index (κ3) is 2.52. The predicted molar refractivity (Wildman–Crippen MR) is 52.7 cm³/mol. The summed E-state index contributed by atoms with van der Waals surface area (Å²) in [6.45, 7) is 0. The Hall–Kier alpha value is -2.11. The van der Waals surface area contributed by atoms with Crippen LogP contribution in [0.2, 0.25) is 0 Å². The Bertz CT molecular complexity index is 442. The molecule has 0 spiro atoms. The average molecular weight is 240 g/mol. The first kappa shape index (κ1) is 11.4. The normalized spacial score (nSPS) is 23.2. The minimum atomic E-state index is -1.16. The van der Waals surface area contributed by atoms with E-state index in [-0.39, 0.29) is 12.2 Å². The zero-order valence-corrected chi connectivity index (χ0v) is 8.63. The van der Waals surface area contributed by atoms with Crippen molar-refractivity contribution in [2.75, 3.05) is 0 Å². The number of hydrogen-bond acceptors (Lipinski definition) is 4. The number of esters is 1. The van der Waals surface area contributed by atoms with Crippen molar-refractivity contribution in [3.05, 3.63) is 30.1 Å². The van der Waals surface area contributed by atoms with Gasteiger partial charge in [-0.25, -0.2) is 4.39 Å². The van der Waals surface area contributed by atoms with Crippen LogP contribution in [0.3, 0.4) is 0 Å². The summed E-state index contributed by atoms with van der Waals surface area (Å²) in [6.07, 6.45) is -1.38. The second-order valence-electron chi connectivity index (χ2n) is 3.58. The molecule has 2 rings (SSSR count). The maximum Gasteiger partial charge on any atom is 0.314 e. The predicted octanol–water partition coefficient (Wildman–Crippen LogP) is 1.18. The number of benzene rings is 1. The molecule has 1 aromatic rings. The van der Waals surface area contributed by atoms with E-state index in [1.165, 1.54) is 24.3 Å². The zero-order chi connectivity index (χ0) is 12.4. The second kappa shape index (κ2) is 4.40. The molecular formula is C11H9FO5. The van der Waals surface area contributed by atoms with Gasteiger partial charge in [-0.05, 0) is 24.3 Å². The molecule has 6 heteroatoms. The number of halogens is 1. The van der Waals surface area contributed by atoms with Crippen molar-refractivity contribution in [1.82, 2.24) is 0 Å². The van der Waals surface area contributed by atoms with Gasteiger partial charge in [-0.3, -0.25) is 9.59 Å². The highest BCUT2D eigenvalue weighted by Gasteiger charge is 2.41. The number of carboxylic acid groups (broad SMARTS) is 1. The summed E-state index contributed by atoms with van der Waals surface area (Å²) in [4.78, 5) is 21.8. The van der Waals surface area contributed by atoms with Crippen molar-refractivity contribution in [3.63, 3.8) is 0 Å². The smallest absolute Gasteiger partial charge is 0.314 e. The molecule has 1 saturated heterocycles. The largest absolute Gasteiger partial charge is 0.481 e. The van der Waals surface area contributed by atoms with Gasteiger partial charge in [-0.2, -0.15) is 0 Å². The fourth-order valence-corrected chi connectivity index (χ4v) is 1.49. The van der Waals surface area contributed by atoms with E-state index in [2.05, 4.69) is 0 Å². The summed E-state index contributed by atoms with van der Waals surface area (Å²) in [5.74, 6) is -3.01. The Kier molecular flexibility index (Phi) is 2.95. The molecule has 0 bridgehead atoms. The van der Waals surface area contributed by atoms with Crippen LogP contribution in [-0.2, 0) is 14.3 Å². The van der Waals surface area contributed by atoms with Crippen molar-refractivity contribution in [2.24, 2.45) is 5.92 Å². The highest BCUT2D eigenvalue weighted by Crippen LogP contribution is 2.25. The van der Waals surface area contributed by atoms with Crippen molar-refractivity contribution >= 4 is 11.9 Å². The Morgan fingerprint density at radius 1 is 1.41 bits per heavy atom. The topological polar surface area (TPSA) is 72.8 Å². The molecule has 0 amide bonds. The first-order valence-corrected chi connectivity index (χ1v) is 4.91. The molecule has 90 valence electrons. The summed E-state index contributed by atoms with van der Waals surface area (Å²) in [6, 6.07) is 5.00. The lowest BCUT2D eigenvalue weighted by Crippen LogP contribution is -2.29. The van der Waals surface area contributed by atoms with E-state index in [0.717, 1.165) is 0 Å². The number of carboxylic acids is 1. The number of ether oxygens (including phenoxy) is 2. The van der Waals surface area contributed by atoms with Crippen LogP contribution in [0.15, 0.2) is 24.3 Å². The minimum absolute atomic E-state index is 0.221. The van der Waals surface area contributed by atoms with E-state index in [4.69, 9.17) is 14.6 Å². The minimum Gasteiger partial charge on any atom is -0.481 e. The van der Waals surface area contributed by atoms with E-state index in [1.54, 1.807) is 0 Å². The first-order chi connectivity index (χ1) is 8.06. The summed E-state index contributed by atoms with van der Waals surface area (Å²) in [5.41, 5.74) is 0. The van der Waals surface area contributed by atoms with E-state index in [0.29, 0.717) is 0 Å². The fraction of sp³-hybridized carbons (Fsp3) is 0.273. The van der Waals surface area contributed by atoms with E-state index >= 15 is 0 Å². The molecule has 1 fully saturated rings. The fourth-order valence-electron chi connectivity index (χ4n) is 1.49. The highest BCUT2D eigenvalue weighted by molar-refractivity contribution is 5.82. The van der Waals surface area contributed by atoms with Crippen LogP contribution in [0.4, 0.5) is 4.39 Å². The lowest BCUT2D eigenvalue weighted by Gasteiger charge is -2.15.